The zero-order chi connectivity index (χ0) is 20.4. The van der Waals surface area contributed by atoms with Crippen molar-refractivity contribution < 1.29 is 14.3 Å². The largest absolute Gasteiger partial charge is 0.495 e. The van der Waals surface area contributed by atoms with Gasteiger partial charge in [0, 0.05) is 63.1 Å². The van der Waals surface area contributed by atoms with Crippen molar-refractivity contribution in [3.05, 3.63) is 58.3 Å². The molecule has 0 aliphatic carbocycles. The van der Waals surface area contributed by atoms with Crippen LogP contribution in [0.25, 0.3) is 0 Å². The van der Waals surface area contributed by atoms with Crippen LogP contribution in [0.15, 0.2) is 41.3 Å². The lowest BCUT2D eigenvalue weighted by molar-refractivity contribution is -0.130. The van der Waals surface area contributed by atoms with Gasteiger partial charge in [-0.3, -0.25) is 19.4 Å². The van der Waals surface area contributed by atoms with E-state index in [0.717, 1.165) is 5.69 Å². The quantitative estimate of drug-likeness (QED) is 0.812. The van der Waals surface area contributed by atoms with Crippen LogP contribution in [0.1, 0.15) is 22.6 Å². The summed E-state index contributed by atoms with van der Waals surface area (Å²) in [5, 5.41) is 0. The Hall–Kier alpha value is -3.16. The van der Waals surface area contributed by atoms with E-state index in [-0.39, 0.29) is 29.2 Å². The number of carbonyl (C=O) groups excluding carboxylic acids is 2. The molecule has 2 aromatic rings. The van der Waals surface area contributed by atoms with Crippen molar-refractivity contribution in [3.63, 3.8) is 0 Å². The molecule has 4 rings (SSSR count). The van der Waals surface area contributed by atoms with Crippen molar-refractivity contribution in [1.82, 2.24) is 19.8 Å². The number of H-pyrrole nitrogens is 1. The summed E-state index contributed by atoms with van der Waals surface area (Å²) in [6.45, 7) is 2.55. The third-order valence-electron chi connectivity index (χ3n) is 5.77. The number of pyridine rings is 2. The Bertz CT molecular complexity index is 959. The first-order valence-electron chi connectivity index (χ1n) is 9.79. The van der Waals surface area contributed by atoms with Gasteiger partial charge in [0.25, 0.3) is 5.91 Å². The number of ether oxygens (including phenoxy) is 1. The maximum Gasteiger partial charge on any atom is 0.270 e. The number of nitrogens with zero attached hydrogens (tertiary/aromatic N) is 3. The third-order valence-corrected chi connectivity index (χ3v) is 5.77. The van der Waals surface area contributed by atoms with E-state index in [1.807, 2.05) is 17.0 Å². The average Bonchev–Trinajstić information content (AvgIpc) is 3.31. The smallest absolute Gasteiger partial charge is 0.270 e. The lowest BCUT2D eigenvalue weighted by atomic mass is 10.0. The zero-order valence-corrected chi connectivity index (χ0v) is 16.3. The molecule has 2 fully saturated rings. The highest BCUT2D eigenvalue weighted by Crippen LogP contribution is 2.32. The average molecular weight is 396 g/mol. The maximum atomic E-state index is 12.7. The summed E-state index contributed by atoms with van der Waals surface area (Å²) in [7, 11) is 1.60. The number of methoxy groups -OCH3 is 1. The van der Waals surface area contributed by atoms with Gasteiger partial charge >= 0.3 is 0 Å². The number of aryl methyl sites for hydroxylation is 1. The molecule has 4 heterocycles. The number of hydrogen-bond acceptors (Lipinski definition) is 5. The third kappa shape index (κ3) is 4.01. The molecule has 152 valence electrons. The number of aromatic nitrogens is 2. The number of amides is 2. The maximum absolute atomic E-state index is 12.7. The first-order chi connectivity index (χ1) is 14.0. The minimum absolute atomic E-state index is 0.109. The Kier molecular flexibility index (Phi) is 5.33. The van der Waals surface area contributed by atoms with Crippen molar-refractivity contribution in [1.29, 1.82) is 0 Å². The SMILES string of the molecule is COc1cccnc1CCC(=O)N1CC2CN(C(=O)c3cccc(=O)[nH]3)CC2C1. The number of aromatic amines is 1. The van der Waals surface area contributed by atoms with Crippen molar-refractivity contribution >= 4 is 11.8 Å². The molecule has 8 heteroatoms. The minimum atomic E-state index is -0.281. The fourth-order valence-corrected chi connectivity index (χ4v) is 4.29. The Labute approximate surface area is 168 Å². The molecule has 0 radical (unpaired) electrons. The Balaban J connectivity index is 1.31. The van der Waals surface area contributed by atoms with Crippen molar-refractivity contribution in [2.75, 3.05) is 33.3 Å². The van der Waals surface area contributed by atoms with E-state index in [1.165, 1.54) is 6.07 Å². The molecule has 0 saturated carbocycles. The van der Waals surface area contributed by atoms with Gasteiger partial charge in [0.1, 0.15) is 11.4 Å². The monoisotopic (exact) mass is 396 g/mol. The molecule has 0 bridgehead atoms. The molecule has 29 heavy (non-hydrogen) atoms. The van der Waals surface area contributed by atoms with Gasteiger partial charge in [-0.05, 0) is 18.2 Å². The number of likely N-dealkylation sites (tertiary alicyclic amines) is 2. The summed E-state index contributed by atoms with van der Waals surface area (Å²) in [5.41, 5.74) is 0.822. The molecular weight excluding hydrogens is 372 g/mol. The fraction of sp³-hybridized carbons (Fsp3) is 0.429. The molecule has 2 amide bonds. The molecule has 8 nitrogen and oxygen atoms in total. The number of rotatable bonds is 5. The number of carbonyl (C=O) groups is 2. The predicted molar refractivity (Wildman–Crippen MR) is 106 cm³/mol. The topological polar surface area (TPSA) is 95.6 Å². The lowest BCUT2D eigenvalue weighted by Crippen LogP contribution is -2.36. The van der Waals surface area contributed by atoms with Gasteiger partial charge in [-0.1, -0.05) is 6.07 Å². The number of fused-ring (bicyclic) bond motifs is 1. The lowest BCUT2D eigenvalue weighted by Gasteiger charge is -2.22. The fourth-order valence-electron chi connectivity index (χ4n) is 4.29. The minimum Gasteiger partial charge on any atom is -0.495 e. The molecule has 0 aromatic carbocycles. The van der Waals surface area contributed by atoms with Gasteiger partial charge in [-0.15, -0.1) is 0 Å². The van der Waals surface area contributed by atoms with Gasteiger partial charge in [0.05, 0.1) is 12.8 Å². The Morgan fingerprint density at radius 1 is 1.10 bits per heavy atom. The van der Waals surface area contributed by atoms with E-state index >= 15 is 0 Å². The van der Waals surface area contributed by atoms with E-state index in [1.54, 1.807) is 30.3 Å². The van der Waals surface area contributed by atoms with Crippen LogP contribution in [0.3, 0.4) is 0 Å². The van der Waals surface area contributed by atoms with Crippen LogP contribution in [0.4, 0.5) is 0 Å². The van der Waals surface area contributed by atoms with Crippen molar-refractivity contribution in [3.8, 4) is 5.75 Å². The number of hydrogen-bond donors (Lipinski definition) is 1. The van der Waals surface area contributed by atoms with E-state index in [4.69, 9.17) is 4.74 Å². The van der Waals surface area contributed by atoms with E-state index in [0.29, 0.717) is 50.5 Å². The first-order valence-corrected chi connectivity index (χ1v) is 9.79. The molecule has 2 unspecified atom stereocenters. The molecule has 2 atom stereocenters. The van der Waals surface area contributed by atoms with Crippen LogP contribution in [0, 0.1) is 11.8 Å². The standard InChI is InChI=1S/C21H24N4O4/c1-29-18-5-3-9-22-16(18)7-8-20(27)24-10-14-12-25(13-15(14)11-24)21(28)17-4-2-6-19(26)23-17/h2-6,9,14-15H,7-8,10-13H2,1H3,(H,23,26). The summed E-state index contributed by atoms with van der Waals surface area (Å²) in [5.74, 6) is 1.21. The van der Waals surface area contributed by atoms with E-state index in [9.17, 15) is 14.4 Å². The van der Waals surface area contributed by atoms with Crippen LogP contribution < -0.4 is 10.3 Å². The predicted octanol–water partition coefficient (Wildman–Crippen LogP) is 0.942. The summed E-state index contributed by atoms with van der Waals surface area (Å²) in [4.78, 5) is 47.3. The van der Waals surface area contributed by atoms with E-state index < -0.39 is 0 Å². The van der Waals surface area contributed by atoms with Gasteiger partial charge in [0.2, 0.25) is 11.5 Å². The highest BCUT2D eigenvalue weighted by Gasteiger charge is 2.43. The summed E-state index contributed by atoms with van der Waals surface area (Å²) < 4.78 is 5.29. The van der Waals surface area contributed by atoms with Crippen LogP contribution in [-0.2, 0) is 11.2 Å². The van der Waals surface area contributed by atoms with Crippen molar-refractivity contribution in [2.24, 2.45) is 11.8 Å². The van der Waals surface area contributed by atoms with Crippen LogP contribution >= 0.6 is 0 Å². The van der Waals surface area contributed by atoms with Crippen LogP contribution in [-0.4, -0.2) is 64.9 Å². The number of nitrogens with one attached hydrogen (secondary N) is 1. The van der Waals surface area contributed by atoms with Gasteiger partial charge in [-0.25, -0.2) is 0 Å². The highest BCUT2D eigenvalue weighted by molar-refractivity contribution is 5.92. The van der Waals surface area contributed by atoms with Crippen LogP contribution in [0.2, 0.25) is 0 Å². The first kappa shape index (κ1) is 19.2. The zero-order valence-electron chi connectivity index (χ0n) is 16.3. The molecule has 2 aromatic heterocycles. The summed E-state index contributed by atoms with van der Waals surface area (Å²) >= 11 is 0. The molecule has 1 N–H and O–H groups in total. The van der Waals surface area contributed by atoms with Crippen LogP contribution in [0.5, 0.6) is 5.75 Å². The summed E-state index contributed by atoms with van der Waals surface area (Å²) in [6.07, 6.45) is 2.63. The molecule has 2 saturated heterocycles. The van der Waals surface area contributed by atoms with E-state index in [2.05, 4.69) is 9.97 Å². The molecular formula is C21H24N4O4. The molecule has 0 spiro atoms. The second-order valence-electron chi connectivity index (χ2n) is 7.61. The Morgan fingerprint density at radius 2 is 1.83 bits per heavy atom. The highest BCUT2D eigenvalue weighted by atomic mass is 16.5. The molecule has 2 aliphatic heterocycles. The van der Waals surface area contributed by atoms with Gasteiger partial charge in [-0.2, -0.15) is 0 Å². The second-order valence-corrected chi connectivity index (χ2v) is 7.61. The Morgan fingerprint density at radius 3 is 2.52 bits per heavy atom. The van der Waals surface area contributed by atoms with Gasteiger partial charge in [0.15, 0.2) is 0 Å². The summed E-state index contributed by atoms with van der Waals surface area (Å²) in [6, 6.07) is 8.25. The normalized spacial score (nSPS) is 20.6. The van der Waals surface area contributed by atoms with Gasteiger partial charge < -0.3 is 19.5 Å². The molecule has 2 aliphatic rings. The van der Waals surface area contributed by atoms with Crippen molar-refractivity contribution in [2.45, 2.75) is 12.8 Å². The second kappa shape index (κ2) is 8.06.